The van der Waals surface area contributed by atoms with Gasteiger partial charge in [-0.2, -0.15) is 0 Å². The summed E-state index contributed by atoms with van der Waals surface area (Å²) < 4.78 is 11.3. The molecule has 0 aliphatic heterocycles. The molecule has 0 spiro atoms. The summed E-state index contributed by atoms with van der Waals surface area (Å²) in [4.78, 5) is 0. The first-order valence-electron chi connectivity index (χ1n) is 18.8. The first-order valence-corrected chi connectivity index (χ1v) is 22.2. The molecule has 8 aromatic carbocycles. The number of benzene rings is 8. The molecule has 292 valence electrons. The minimum absolute atomic E-state index is 0. The summed E-state index contributed by atoms with van der Waals surface area (Å²) in [5.41, 5.74) is 4.95. The maximum absolute atomic E-state index is 7.10. The van der Waals surface area contributed by atoms with Crippen molar-refractivity contribution in [3.63, 3.8) is 0 Å². The molecule has 2 heterocycles. The molecule has 2 nitrogen and oxygen atoms in total. The van der Waals surface area contributed by atoms with Crippen molar-refractivity contribution in [3.8, 4) is 11.8 Å². The molecule has 0 fully saturated rings. The Kier molecular flexibility index (Phi) is 15.6. The number of hydrogen-bond donors (Lipinski definition) is 0. The van der Waals surface area contributed by atoms with E-state index in [1.807, 2.05) is 84.9 Å². The van der Waals surface area contributed by atoms with E-state index in [1.54, 1.807) is 0 Å². The second-order valence-corrected chi connectivity index (χ2v) is 19.1. The van der Waals surface area contributed by atoms with E-state index in [9.17, 15) is 0 Å². The first-order chi connectivity index (χ1) is 28.2. The molecule has 0 atom stereocenters. The largest absolute Gasteiger partial charge is 1.00 e. The van der Waals surface area contributed by atoms with Crippen LogP contribution in [-0.2, 0) is 44.8 Å². The number of fused-ring (bicyclic) bond motifs is 6. The van der Waals surface area contributed by atoms with Gasteiger partial charge in [0.1, 0.15) is 59.4 Å². The quantitative estimate of drug-likeness (QED) is 0.0718. The SMILES string of the molecule is [Ag+].[Au+].[C-]#Cc1ccc2c(c1)oc1ccccc12.[C-]#Cc1ccc2oc3ccccc3c2c1.c1ccc([PH+](C[PH+](c2ccccc2)c2ccccc2)c2ccccc2)cc1. The van der Waals surface area contributed by atoms with Crippen LogP contribution in [0.2, 0.25) is 0 Å². The van der Waals surface area contributed by atoms with Gasteiger partial charge < -0.3 is 21.7 Å². The molecule has 10 aromatic rings. The zero-order valence-electron chi connectivity index (χ0n) is 31.8. The van der Waals surface area contributed by atoms with E-state index < -0.39 is 15.8 Å². The molecule has 0 aliphatic rings. The van der Waals surface area contributed by atoms with Gasteiger partial charge in [-0.05, 0) is 66.7 Å². The molecule has 10 rings (SSSR count). The molecule has 0 bridgehead atoms. The fourth-order valence-electron chi connectivity index (χ4n) is 7.08. The Hall–Kier alpha value is -5.18. The number of para-hydroxylation sites is 2. The van der Waals surface area contributed by atoms with E-state index in [4.69, 9.17) is 21.7 Å². The van der Waals surface area contributed by atoms with Gasteiger partial charge in [0.05, 0.1) is 0 Å². The fourth-order valence-corrected chi connectivity index (χ4v) is 14.8. The van der Waals surface area contributed by atoms with Gasteiger partial charge in [-0.15, -0.1) is 29.3 Å². The van der Waals surface area contributed by atoms with Crippen molar-refractivity contribution in [2.75, 3.05) is 5.90 Å². The van der Waals surface area contributed by atoms with Crippen LogP contribution in [0.3, 0.4) is 0 Å². The molecule has 6 heteroatoms. The van der Waals surface area contributed by atoms with Gasteiger partial charge in [-0.25, -0.2) is 0 Å². The van der Waals surface area contributed by atoms with E-state index in [-0.39, 0.29) is 44.8 Å². The molecule has 59 heavy (non-hydrogen) atoms. The van der Waals surface area contributed by atoms with Crippen molar-refractivity contribution in [3.05, 3.63) is 230 Å². The van der Waals surface area contributed by atoms with Crippen LogP contribution in [0.5, 0.6) is 0 Å². The summed E-state index contributed by atoms with van der Waals surface area (Å²) in [5, 5.41) is 10.3. The Bertz CT molecular complexity index is 2800. The molecular weight excluding hydrogens is 1040 g/mol. The van der Waals surface area contributed by atoms with Crippen LogP contribution in [0.15, 0.2) is 215 Å². The maximum Gasteiger partial charge on any atom is 1.00 e. The van der Waals surface area contributed by atoms with Crippen molar-refractivity contribution in [2.45, 2.75) is 0 Å². The van der Waals surface area contributed by atoms with Gasteiger partial charge >= 0.3 is 44.8 Å². The Labute approximate surface area is 379 Å². The van der Waals surface area contributed by atoms with Crippen LogP contribution in [0.25, 0.3) is 43.9 Å². The van der Waals surface area contributed by atoms with E-state index in [2.05, 4.69) is 133 Å². The first kappa shape index (κ1) is 43.4. The van der Waals surface area contributed by atoms with Crippen molar-refractivity contribution in [1.29, 1.82) is 0 Å². The maximum atomic E-state index is 7.10. The third-order valence-corrected chi connectivity index (χ3v) is 16.8. The molecular formula is C53H38AgAuO2P2+2. The van der Waals surface area contributed by atoms with Crippen molar-refractivity contribution in [2.24, 2.45) is 0 Å². The molecule has 0 saturated heterocycles. The van der Waals surface area contributed by atoms with Gasteiger partial charge in [0, 0.05) is 21.5 Å². The van der Waals surface area contributed by atoms with Crippen molar-refractivity contribution < 1.29 is 53.6 Å². The van der Waals surface area contributed by atoms with Gasteiger partial charge in [0.2, 0.25) is 0 Å². The number of hydrogen-bond acceptors (Lipinski definition) is 2. The van der Waals surface area contributed by atoms with E-state index in [1.165, 1.54) is 27.1 Å². The molecule has 2 aromatic heterocycles. The van der Waals surface area contributed by atoms with Crippen LogP contribution in [0, 0.1) is 24.7 Å². The number of rotatable bonds is 6. The average molecular weight is 1070 g/mol. The zero-order chi connectivity index (χ0) is 38.8. The van der Waals surface area contributed by atoms with Crippen LogP contribution >= 0.6 is 15.8 Å². The van der Waals surface area contributed by atoms with Gasteiger partial charge in [-0.3, -0.25) is 11.8 Å². The van der Waals surface area contributed by atoms with Gasteiger partial charge in [0.15, 0.2) is 5.90 Å². The van der Waals surface area contributed by atoms with E-state index in [0.717, 1.165) is 55.0 Å². The van der Waals surface area contributed by atoms with Crippen LogP contribution in [0.1, 0.15) is 11.1 Å². The fraction of sp³-hybridized carbons (Fsp3) is 0.0189. The topological polar surface area (TPSA) is 26.3 Å². The molecule has 0 aliphatic carbocycles. The predicted octanol–water partition coefficient (Wildman–Crippen LogP) is 11.7. The summed E-state index contributed by atoms with van der Waals surface area (Å²) in [6.45, 7) is 0. The summed E-state index contributed by atoms with van der Waals surface area (Å²) in [5.74, 6) is 5.98. The predicted molar refractivity (Wildman–Crippen MR) is 246 cm³/mol. The Morgan fingerprint density at radius 2 is 0.695 bits per heavy atom. The molecule has 0 N–H and O–H groups in total. The molecule has 0 unspecified atom stereocenters. The van der Waals surface area contributed by atoms with Crippen molar-refractivity contribution >= 4 is 80.9 Å². The Morgan fingerprint density at radius 1 is 0.356 bits per heavy atom. The van der Waals surface area contributed by atoms with Gasteiger partial charge in [-0.1, -0.05) is 121 Å². The normalized spacial score (nSPS) is 10.4. The minimum Gasteiger partial charge on any atom is -0.458 e. The zero-order valence-corrected chi connectivity index (χ0v) is 37.4. The van der Waals surface area contributed by atoms with E-state index >= 15 is 0 Å². The van der Waals surface area contributed by atoms with Crippen LogP contribution < -0.4 is 21.2 Å². The van der Waals surface area contributed by atoms with Crippen LogP contribution in [-0.4, -0.2) is 5.90 Å². The monoisotopic (exact) mass is 1070 g/mol. The average Bonchev–Trinajstić information content (AvgIpc) is 3.86. The third-order valence-electron chi connectivity index (χ3n) is 9.89. The third kappa shape index (κ3) is 10.3. The standard InChI is InChI=1S/C25H22P2.2C14H7O.Ag.Au/c1-5-13-22(14-6-1)26(23-15-7-2-8-16-23)21-27(24-17-9-3-10-18-24)25-19-11-4-12-20-25;1-2-10-7-8-14-12(9-10)11-5-3-4-6-13(11)15-14;1-2-10-7-8-12-11-5-3-4-6-13(11)15-14(12)9-10;;/h1-20H,21H2;2*3-9H;;/q;2*-1;2*+1/p+2. The molecule has 0 radical (unpaired) electrons. The Morgan fingerprint density at radius 3 is 1.15 bits per heavy atom. The second-order valence-electron chi connectivity index (χ2n) is 13.5. The summed E-state index contributed by atoms with van der Waals surface area (Å²) in [6.07, 6.45) is 14.2. The number of furan rings is 2. The smallest absolute Gasteiger partial charge is 0.458 e. The van der Waals surface area contributed by atoms with E-state index in [0.29, 0.717) is 0 Å². The van der Waals surface area contributed by atoms with Gasteiger partial charge in [0.25, 0.3) is 0 Å². The molecule has 0 saturated carbocycles. The second kappa shape index (κ2) is 21.2. The summed E-state index contributed by atoms with van der Waals surface area (Å²) >= 11 is 0. The Balaban J connectivity index is 0.000000156. The van der Waals surface area contributed by atoms with Crippen LogP contribution in [0.4, 0.5) is 0 Å². The summed E-state index contributed by atoms with van der Waals surface area (Å²) in [7, 11) is -1.69. The molecule has 0 amide bonds. The van der Waals surface area contributed by atoms with Crippen molar-refractivity contribution in [1.82, 2.24) is 0 Å². The minimum atomic E-state index is -0.847. The summed E-state index contributed by atoms with van der Waals surface area (Å²) in [6, 6.07) is 71.6.